The molecule has 5 aromatic carbocycles. The number of nitrogens with zero attached hydrogens (tertiary/aromatic N) is 10. The van der Waals surface area contributed by atoms with Crippen molar-refractivity contribution in [3.8, 4) is 5.75 Å². The highest BCUT2D eigenvalue weighted by atomic mass is 35.5. The minimum absolute atomic E-state index is 0.0908. The number of halogens is 1. The van der Waals surface area contributed by atoms with Gasteiger partial charge in [0.25, 0.3) is 0 Å². The number of benzene rings is 5. The molecule has 103 heavy (non-hydrogen) atoms. The number of hydrogen-bond donors (Lipinski definition) is 2. The molecular formula is C85H129ClN10O7. The van der Waals surface area contributed by atoms with Gasteiger partial charge < -0.3 is 34.7 Å². The summed E-state index contributed by atoms with van der Waals surface area (Å²) in [6.45, 7) is 59.3. The van der Waals surface area contributed by atoms with Crippen LogP contribution in [-0.2, 0) is 63.3 Å². The van der Waals surface area contributed by atoms with Crippen LogP contribution in [0.2, 0.25) is 5.02 Å². The van der Waals surface area contributed by atoms with Crippen molar-refractivity contribution in [3.63, 3.8) is 0 Å². The fraction of sp³-hybridized carbons (Fsp3) is 0.588. The Labute approximate surface area is 625 Å². The molecule has 5 aromatic rings. The van der Waals surface area contributed by atoms with Crippen LogP contribution in [0.1, 0.15) is 161 Å². The largest absolute Gasteiger partial charge is 0.508 e. The van der Waals surface area contributed by atoms with E-state index in [9.17, 15) is 34.2 Å². The molecule has 1 atom stereocenters. The second-order valence-corrected chi connectivity index (χ2v) is 34.7. The lowest BCUT2D eigenvalue weighted by Crippen LogP contribution is -2.56. The summed E-state index contributed by atoms with van der Waals surface area (Å²) >= 11 is 6.18. The van der Waals surface area contributed by atoms with Crippen LogP contribution in [0.5, 0.6) is 5.75 Å². The molecule has 5 aliphatic heterocycles. The molecule has 17 nitrogen and oxygen atoms in total. The molecule has 568 valence electrons. The van der Waals surface area contributed by atoms with Crippen molar-refractivity contribution in [1.82, 2.24) is 49.0 Å². The molecule has 5 amide bonds. The van der Waals surface area contributed by atoms with E-state index in [2.05, 4.69) is 117 Å². The van der Waals surface area contributed by atoms with Crippen molar-refractivity contribution in [2.45, 2.75) is 177 Å². The zero-order chi connectivity index (χ0) is 76.2. The standard InChI is InChI=1S/C18H28N2O2.C17H25ClN2O.2C17H26N2O.C16H24N2O2/c1-14-5-6-15(11-16(14)13-21)12-19-7-9-20(10-8-19)17(22)18(2,3)4;1-13-5-6-14(11-15(13)18)12-19-7-9-20(10-8-19)16(21)17(2,3)4;1-14-5-7-15(8-6-14)13-18-9-11-19(12-10-18)16(20)17(2,3)4;1-14-12-18(13-15-8-6-5-7-9-15)10-11-19(14)16(20)17(2,3)4;1-16(2,3)15(20)18-9-7-17(8-10-18)12-13-5-4-6-14(19)11-13/h5-6,11,21H,7-10,12-13H2,1-4H3;5-6,11H,7-10,12H2,1-4H3;5-8H,9-13H2,1-4H3;5-9,14H,10-13H2,1-4H3;4-6,11,19H,7-10,12H2,1-3H3. The van der Waals surface area contributed by atoms with E-state index in [1.807, 2.05) is 166 Å². The molecule has 0 radical (unpaired) electrons. The first-order chi connectivity index (χ1) is 48.2. The summed E-state index contributed by atoms with van der Waals surface area (Å²) in [5.74, 6) is 1.57. The van der Waals surface area contributed by atoms with Crippen molar-refractivity contribution in [3.05, 3.63) is 170 Å². The lowest BCUT2D eigenvalue weighted by atomic mass is 9.93. The van der Waals surface area contributed by atoms with Gasteiger partial charge in [-0.2, -0.15) is 0 Å². The first-order valence-corrected chi connectivity index (χ1v) is 38.0. The summed E-state index contributed by atoms with van der Waals surface area (Å²) in [5.41, 5.74) is 9.39. The summed E-state index contributed by atoms with van der Waals surface area (Å²) in [5, 5.41) is 19.7. The Morgan fingerprint density at radius 1 is 0.369 bits per heavy atom. The number of hydrogen-bond acceptors (Lipinski definition) is 12. The second kappa shape index (κ2) is 38.5. The Morgan fingerprint density at radius 2 is 0.689 bits per heavy atom. The van der Waals surface area contributed by atoms with Gasteiger partial charge in [-0.3, -0.25) is 48.5 Å². The Kier molecular flexibility index (Phi) is 31.9. The number of rotatable bonds is 11. The van der Waals surface area contributed by atoms with Crippen LogP contribution in [0.4, 0.5) is 0 Å². The third kappa shape index (κ3) is 27.9. The highest BCUT2D eigenvalue weighted by Gasteiger charge is 2.36. The van der Waals surface area contributed by atoms with E-state index in [1.165, 1.54) is 27.8 Å². The molecule has 5 aliphatic rings. The lowest BCUT2D eigenvalue weighted by molar-refractivity contribution is -0.144. The monoisotopic (exact) mass is 1440 g/mol. The van der Waals surface area contributed by atoms with Crippen molar-refractivity contribution in [2.75, 3.05) is 124 Å². The topological polar surface area (TPSA) is 158 Å². The zero-order valence-electron chi connectivity index (χ0n) is 66.5. The molecule has 0 aromatic heterocycles. The lowest BCUT2D eigenvalue weighted by Gasteiger charge is -2.42. The summed E-state index contributed by atoms with van der Waals surface area (Å²) in [7, 11) is 0. The van der Waals surface area contributed by atoms with Gasteiger partial charge in [-0.1, -0.05) is 218 Å². The quantitative estimate of drug-likeness (QED) is 0.129. The SMILES string of the molecule is CC(C)(C)C(=O)N1CCN(Cc2cccc(O)c2)CC1.CC1CN(Cc2ccccc2)CCN1C(=O)C(C)(C)C.Cc1ccc(CN2CCN(C(=O)C(C)(C)C)CC2)cc1.Cc1ccc(CN2CCN(C(=O)C(C)(C)C)CC2)cc1CO.Cc1ccc(CN2CCN(C(=O)C(C)(C)C)CC2)cc1Cl. The first-order valence-electron chi connectivity index (χ1n) is 37.6. The number of amides is 5. The van der Waals surface area contributed by atoms with Gasteiger partial charge in [0.15, 0.2) is 0 Å². The van der Waals surface area contributed by atoms with Crippen LogP contribution < -0.4 is 0 Å². The number of aliphatic hydroxyl groups excluding tert-OH is 1. The van der Waals surface area contributed by atoms with Gasteiger partial charge in [-0.05, 0) is 90.4 Å². The van der Waals surface area contributed by atoms with Crippen LogP contribution in [-0.4, -0.2) is 219 Å². The molecule has 2 N–H and O–H groups in total. The van der Waals surface area contributed by atoms with E-state index >= 15 is 0 Å². The van der Waals surface area contributed by atoms with Gasteiger partial charge in [0.1, 0.15) is 5.75 Å². The molecule has 0 bridgehead atoms. The van der Waals surface area contributed by atoms with Gasteiger partial charge >= 0.3 is 0 Å². The first kappa shape index (κ1) is 85.2. The van der Waals surface area contributed by atoms with Crippen LogP contribution in [0.3, 0.4) is 0 Å². The Hall–Kier alpha value is -6.70. The number of aliphatic hydroxyl groups is 1. The number of carbonyl (C=O) groups excluding carboxylic acids is 5. The number of carbonyl (C=O) groups is 5. The van der Waals surface area contributed by atoms with Crippen molar-refractivity contribution in [1.29, 1.82) is 0 Å². The molecule has 0 aliphatic carbocycles. The number of phenols is 1. The van der Waals surface area contributed by atoms with Crippen molar-refractivity contribution < 1.29 is 34.2 Å². The summed E-state index contributed by atoms with van der Waals surface area (Å²) in [6, 6.07) is 39.4. The third-order valence-electron chi connectivity index (χ3n) is 19.5. The van der Waals surface area contributed by atoms with Gasteiger partial charge in [-0.25, -0.2) is 0 Å². The van der Waals surface area contributed by atoms with Gasteiger partial charge in [0.2, 0.25) is 29.5 Å². The normalized spacial score (nSPS) is 17.9. The average molecular weight is 1440 g/mol. The molecule has 5 saturated heterocycles. The minimum Gasteiger partial charge on any atom is -0.508 e. The maximum atomic E-state index is 12.4. The average Bonchev–Trinajstić information content (AvgIpc) is 0.845. The maximum Gasteiger partial charge on any atom is 0.228 e. The van der Waals surface area contributed by atoms with E-state index in [-0.39, 0.29) is 63.2 Å². The van der Waals surface area contributed by atoms with Crippen LogP contribution in [0.25, 0.3) is 0 Å². The number of piperazine rings is 5. The molecule has 0 spiro atoms. The molecule has 0 saturated carbocycles. The smallest absolute Gasteiger partial charge is 0.228 e. The van der Waals surface area contributed by atoms with E-state index in [0.29, 0.717) is 11.8 Å². The molecule has 5 heterocycles. The number of phenolic OH excluding ortho intramolecular Hbond substituents is 1. The van der Waals surface area contributed by atoms with E-state index in [1.54, 1.807) is 12.1 Å². The van der Waals surface area contributed by atoms with Gasteiger partial charge in [0.05, 0.1) is 6.61 Å². The number of aromatic hydroxyl groups is 1. The predicted molar refractivity (Wildman–Crippen MR) is 420 cm³/mol. The zero-order valence-corrected chi connectivity index (χ0v) is 67.3. The molecule has 5 fully saturated rings. The second-order valence-electron chi connectivity index (χ2n) is 34.2. The number of aryl methyl sites for hydroxylation is 3. The summed E-state index contributed by atoms with van der Waals surface area (Å²) < 4.78 is 0. The van der Waals surface area contributed by atoms with Crippen LogP contribution in [0.15, 0.2) is 115 Å². The molecular weight excluding hydrogens is 1310 g/mol. The summed E-state index contributed by atoms with van der Waals surface area (Å²) in [6.07, 6.45) is 0. The van der Waals surface area contributed by atoms with E-state index in [4.69, 9.17) is 11.6 Å². The van der Waals surface area contributed by atoms with Gasteiger partial charge in [0, 0.05) is 195 Å². The molecule has 10 rings (SSSR count). The Bertz CT molecular complexity index is 3480. The molecule has 1 unspecified atom stereocenters. The van der Waals surface area contributed by atoms with Gasteiger partial charge in [-0.15, -0.1) is 0 Å². The van der Waals surface area contributed by atoms with Crippen LogP contribution >= 0.6 is 11.6 Å². The molecule has 18 heteroatoms. The van der Waals surface area contributed by atoms with Crippen molar-refractivity contribution in [2.24, 2.45) is 27.1 Å². The highest BCUT2D eigenvalue weighted by Crippen LogP contribution is 2.27. The van der Waals surface area contributed by atoms with E-state index < -0.39 is 0 Å². The fourth-order valence-electron chi connectivity index (χ4n) is 13.2. The Balaban J connectivity index is 0.000000202. The Morgan fingerprint density at radius 3 is 1.05 bits per heavy atom. The highest BCUT2D eigenvalue weighted by molar-refractivity contribution is 6.31. The van der Waals surface area contributed by atoms with E-state index in [0.717, 1.165) is 184 Å². The maximum absolute atomic E-state index is 12.4. The third-order valence-corrected chi connectivity index (χ3v) is 20.0. The minimum atomic E-state index is -0.298. The van der Waals surface area contributed by atoms with Crippen molar-refractivity contribution >= 4 is 41.1 Å². The fourth-order valence-corrected chi connectivity index (χ4v) is 13.4. The predicted octanol–water partition coefficient (Wildman–Crippen LogP) is 13.0. The summed E-state index contributed by atoms with van der Waals surface area (Å²) in [4.78, 5) is 83.3. The van der Waals surface area contributed by atoms with Crippen LogP contribution in [0, 0.1) is 47.8 Å².